The topological polar surface area (TPSA) is 46.5 Å². The van der Waals surface area contributed by atoms with Crippen LogP contribution < -0.4 is 0 Å². The molecular formula is C6H12O3. The van der Waals surface area contributed by atoms with E-state index in [1.165, 1.54) is 0 Å². The van der Waals surface area contributed by atoms with Crippen molar-refractivity contribution in [1.82, 2.24) is 0 Å². The van der Waals surface area contributed by atoms with Crippen LogP contribution in [0.15, 0.2) is 0 Å². The Hall–Kier alpha value is -0.410. The van der Waals surface area contributed by atoms with E-state index in [0.717, 1.165) is 0 Å². The Morgan fingerprint density at radius 1 is 1.67 bits per heavy atom. The maximum atomic E-state index is 10.5. The van der Waals surface area contributed by atoms with Crippen molar-refractivity contribution in [2.75, 3.05) is 19.8 Å². The standard InChI is InChI=1S/C6H12O3/c1-2-6(8)5-9-4-3-7/h7H,2-5H2,1H3. The summed E-state index contributed by atoms with van der Waals surface area (Å²) in [6, 6.07) is 0. The SMILES string of the molecule is CCC(=O)COCCO. The molecule has 0 saturated heterocycles. The number of aliphatic hydroxyl groups excluding tert-OH is 1. The van der Waals surface area contributed by atoms with Crippen LogP contribution in [0.5, 0.6) is 0 Å². The molecule has 0 aromatic heterocycles. The first-order valence-corrected chi connectivity index (χ1v) is 3.01. The number of rotatable bonds is 5. The summed E-state index contributed by atoms with van der Waals surface area (Å²) in [5.41, 5.74) is 0. The molecule has 0 spiro atoms. The molecule has 0 heterocycles. The average molecular weight is 132 g/mol. The van der Waals surface area contributed by atoms with Gasteiger partial charge in [0.25, 0.3) is 0 Å². The van der Waals surface area contributed by atoms with E-state index in [9.17, 15) is 4.79 Å². The number of ketones is 1. The quantitative estimate of drug-likeness (QED) is 0.534. The van der Waals surface area contributed by atoms with E-state index >= 15 is 0 Å². The minimum absolute atomic E-state index is 0.0169. The molecule has 1 N–H and O–H groups in total. The van der Waals surface area contributed by atoms with E-state index in [1.54, 1.807) is 6.92 Å². The monoisotopic (exact) mass is 132 g/mol. The first-order chi connectivity index (χ1) is 4.31. The van der Waals surface area contributed by atoms with Crippen LogP contribution in [0.25, 0.3) is 0 Å². The summed E-state index contributed by atoms with van der Waals surface area (Å²) in [7, 11) is 0. The first-order valence-electron chi connectivity index (χ1n) is 3.01. The van der Waals surface area contributed by atoms with Gasteiger partial charge in [-0.25, -0.2) is 0 Å². The van der Waals surface area contributed by atoms with Gasteiger partial charge in [-0.1, -0.05) is 6.92 Å². The van der Waals surface area contributed by atoms with Gasteiger partial charge in [0.15, 0.2) is 5.78 Å². The van der Waals surface area contributed by atoms with Crippen LogP contribution in [-0.4, -0.2) is 30.7 Å². The van der Waals surface area contributed by atoms with E-state index < -0.39 is 0 Å². The second-order valence-corrected chi connectivity index (χ2v) is 1.67. The summed E-state index contributed by atoms with van der Waals surface area (Å²) in [6.45, 7) is 2.16. The third kappa shape index (κ3) is 5.46. The van der Waals surface area contributed by atoms with Crippen molar-refractivity contribution in [3.63, 3.8) is 0 Å². The molecular weight excluding hydrogens is 120 g/mol. The molecule has 0 fully saturated rings. The Labute approximate surface area is 54.6 Å². The second-order valence-electron chi connectivity index (χ2n) is 1.67. The van der Waals surface area contributed by atoms with E-state index in [-0.39, 0.29) is 25.6 Å². The Morgan fingerprint density at radius 2 is 2.33 bits per heavy atom. The third-order valence-electron chi connectivity index (χ3n) is 0.893. The molecule has 0 radical (unpaired) electrons. The summed E-state index contributed by atoms with van der Waals surface area (Å²) in [4.78, 5) is 10.5. The number of hydrogen-bond donors (Lipinski definition) is 1. The van der Waals surface area contributed by atoms with Gasteiger partial charge in [-0.3, -0.25) is 4.79 Å². The van der Waals surface area contributed by atoms with Gasteiger partial charge in [-0.15, -0.1) is 0 Å². The molecule has 3 heteroatoms. The predicted octanol–water partition coefficient (Wildman–Crippen LogP) is -0.0256. The minimum atomic E-state index is -0.0169. The van der Waals surface area contributed by atoms with Gasteiger partial charge in [0, 0.05) is 6.42 Å². The van der Waals surface area contributed by atoms with Crippen molar-refractivity contribution in [3.8, 4) is 0 Å². The predicted molar refractivity (Wildman–Crippen MR) is 33.2 cm³/mol. The number of aliphatic hydroxyl groups is 1. The normalized spacial score (nSPS) is 9.56. The highest BCUT2D eigenvalue weighted by Crippen LogP contribution is 1.81. The van der Waals surface area contributed by atoms with Gasteiger partial charge in [0.2, 0.25) is 0 Å². The van der Waals surface area contributed by atoms with Gasteiger partial charge < -0.3 is 9.84 Å². The lowest BCUT2D eigenvalue weighted by Gasteiger charge is -1.97. The maximum Gasteiger partial charge on any atom is 0.158 e. The molecule has 0 aromatic carbocycles. The Morgan fingerprint density at radius 3 is 2.78 bits per heavy atom. The number of Topliss-reactive ketones (excluding diaryl/α,β-unsaturated/α-hetero) is 1. The Bertz CT molecular complexity index is 80.4. The zero-order valence-electron chi connectivity index (χ0n) is 5.59. The van der Waals surface area contributed by atoms with Gasteiger partial charge in [0.1, 0.15) is 6.61 Å². The van der Waals surface area contributed by atoms with Crippen LogP contribution in [0.1, 0.15) is 13.3 Å². The molecule has 3 nitrogen and oxygen atoms in total. The Kier molecular flexibility index (Phi) is 5.46. The van der Waals surface area contributed by atoms with Gasteiger partial charge in [-0.2, -0.15) is 0 Å². The van der Waals surface area contributed by atoms with Crippen molar-refractivity contribution in [3.05, 3.63) is 0 Å². The van der Waals surface area contributed by atoms with Crippen LogP contribution in [0, 0.1) is 0 Å². The molecule has 0 atom stereocenters. The number of carbonyl (C=O) groups excluding carboxylic acids is 1. The fourth-order valence-corrected chi connectivity index (χ4v) is 0.353. The largest absolute Gasteiger partial charge is 0.394 e. The summed E-state index contributed by atoms with van der Waals surface area (Å²) >= 11 is 0. The van der Waals surface area contributed by atoms with Crippen LogP contribution in [0.4, 0.5) is 0 Å². The number of carbonyl (C=O) groups is 1. The van der Waals surface area contributed by atoms with Crippen LogP contribution in [-0.2, 0) is 9.53 Å². The molecule has 0 rings (SSSR count). The van der Waals surface area contributed by atoms with Crippen LogP contribution >= 0.6 is 0 Å². The van der Waals surface area contributed by atoms with E-state index in [2.05, 4.69) is 0 Å². The molecule has 54 valence electrons. The maximum absolute atomic E-state index is 10.5. The van der Waals surface area contributed by atoms with E-state index in [1.807, 2.05) is 0 Å². The van der Waals surface area contributed by atoms with Crippen LogP contribution in [0.2, 0.25) is 0 Å². The number of ether oxygens (including phenoxy) is 1. The van der Waals surface area contributed by atoms with E-state index in [0.29, 0.717) is 6.42 Å². The smallest absolute Gasteiger partial charge is 0.158 e. The fourth-order valence-electron chi connectivity index (χ4n) is 0.353. The summed E-state index contributed by atoms with van der Waals surface area (Å²) in [5.74, 6) is 0.0726. The molecule has 0 bridgehead atoms. The second kappa shape index (κ2) is 5.72. The summed E-state index contributed by atoms with van der Waals surface area (Å²) in [5, 5.41) is 8.22. The van der Waals surface area contributed by atoms with E-state index in [4.69, 9.17) is 9.84 Å². The van der Waals surface area contributed by atoms with Crippen molar-refractivity contribution >= 4 is 5.78 Å². The highest BCUT2D eigenvalue weighted by molar-refractivity contribution is 5.79. The lowest BCUT2D eigenvalue weighted by Crippen LogP contribution is -2.09. The van der Waals surface area contributed by atoms with Gasteiger partial charge in [0.05, 0.1) is 13.2 Å². The van der Waals surface area contributed by atoms with Crippen molar-refractivity contribution in [1.29, 1.82) is 0 Å². The lowest BCUT2D eigenvalue weighted by molar-refractivity contribution is -0.123. The third-order valence-corrected chi connectivity index (χ3v) is 0.893. The lowest BCUT2D eigenvalue weighted by atomic mass is 10.3. The van der Waals surface area contributed by atoms with Crippen LogP contribution in [0.3, 0.4) is 0 Å². The first kappa shape index (κ1) is 8.59. The van der Waals surface area contributed by atoms with Crippen molar-refractivity contribution in [2.24, 2.45) is 0 Å². The molecule has 0 aromatic rings. The van der Waals surface area contributed by atoms with Gasteiger partial charge in [-0.05, 0) is 0 Å². The minimum Gasteiger partial charge on any atom is -0.394 e. The average Bonchev–Trinajstić information content (AvgIpc) is 1.89. The Balaban J connectivity index is 2.97. The molecule has 0 saturated carbocycles. The molecule has 0 unspecified atom stereocenters. The highest BCUT2D eigenvalue weighted by atomic mass is 16.5. The van der Waals surface area contributed by atoms with Crippen molar-refractivity contribution < 1.29 is 14.6 Å². The molecule has 0 aliphatic rings. The fraction of sp³-hybridized carbons (Fsp3) is 0.833. The molecule has 0 amide bonds. The molecule has 0 aliphatic carbocycles. The highest BCUT2D eigenvalue weighted by Gasteiger charge is 1.95. The number of hydrogen-bond acceptors (Lipinski definition) is 3. The zero-order valence-corrected chi connectivity index (χ0v) is 5.59. The summed E-state index contributed by atoms with van der Waals surface area (Å²) < 4.78 is 4.74. The zero-order chi connectivity index (χ0) is 7.11. The molecule has 0 aliphatic heterocycles. The van der Waals surface area contributed by atoms with Gasteiger partial charge >= 0.3 is 0 Å². The molecule has 9 heavy (non-hydrogen) atoms. The summed E-state index contributed by atoms with van der Waals surface area (Å²) in [6.07, 6.45) is 0.505. The van der Waals surface area contributed by atoms with Crippen molar-refractivity contribution in [2.45, 2.75) is 13.3 Å².